The van der Waals surface area contributed by atoms with E-state index in [9.17, 15) is 9.59 Å². The lowest BCUT2D eigenvalue weighted by Crippen LogP contribution is -2.58. The van der Waals surface area contributed by atoms with Gasteiger partial charge in [0.25, 0.3) is 0 Å². The first-order chi connectivity index (χ1) is 9.71. The van der Waals surface area contributed by atoms with Crippen molar-refractivity contribution in [2.45, 2.75) is 45.8 Å². The highest BCUT2D eigenvalue weighted by Gasteiger charge is 2.38. The highest BCUT2D eigenvalue weighted by molar-refractivity contribution is 5.90. The van der Waals surface area contributed by atoms with Crippen LogP contribution in [0.15, 0.2) is 24.3 Å². The van der Waals surface area contributed by atoms with Gasteiger partial charge in [0.05, 0.1) is 6.04 Å². The van der Waals surface area contributed by atoms with Crippen molar-refractivity contribution in [2.24, 2.45) is 16.9 Å². The van der Waals surface area contributed by atoms with Crippen LogP contribution in [0.4, 0.5) is 0 Å². The summed E-state index contributed by atoms with van der Waals surface area (Å²) >= 11 is 0. The molecule has 0 fully saturated rings. The molecule has 5 heteroatoms. The second kappa shape index (κ2) is 5.48. The van der Waals surface area contributed by atoms with E-state index < -0.39 is 18.0 Å². The van der Waals surface area contributed by atoms with Crippen LogP contribution in [0.1, 0.15) is 31.9 Å². The average Bonchev–Trinajstić information content (AvgIpc) is 2.43. The van der Waals surface area contributed by atoms with Crippen molar-refractivity contribution in [1.29, 1.82) is 0 Å². The molecule has 1 aromatic carbocycles. The molecule has 1 aliphatic rings. The topological polar surface area (TPSA) is 89.4 Å². The first kappa shape index (κ1) is 15.5. The van der Waals surface area contributed by atoms with Gasteiger partial charge in [0, 0.05) is 13.0 Å². The number of rotatable bonds is 2. The van der Waals surface area contributed by atoms with Gasteiger partial charge in [0.15, 0.2) is 0 Å². The molecule has 0 aromatic heterocycles. The fraction of sp³-hybridized carbons (Fsp3) is 0.500. The summed E-state index contributed by atoms with van der Waals surface area (Å²) in [5.41, 5.74) is 13.3. The molecule has 0 bridgehead atoms. The van der Waals surface area contributed by atoms with Crippen LogP contribution in [0.2, 0.25) is 0 Å². The van der Waals surface area contributed by atoms with Crippen LogP contribution >= 0.6 is 0 Å². The Morgan fingerprint density at radius 3 is 2.33 bits per heavy atom. The minimum Gasteiger partial charge on any atom is -0.368 e. The maximum atomic E-state index is 12.7. The Balaban J connectivity index is 2.33. The minimum atomic E-state index is -0.662. The molecule has 0 saturated carbocycles. The van der Waals surface area contributed by atoms with E-state index >= 15 is 0 Å². The Kier molecular flexibility index (Phi) is 4.05. The molecule has 0 aliphatic carbocycles. The van der Waals surface area contributed by atoms with E-state index in [1.165, 1.54) is 4.90 Å². The molecular weight excluding hydrogens is 266 g/mol. The molecular formula is C16H23N3O2. The molecule has 2 atom stereocenters. The maximum Gasteiger partial charge on any atom is 0.241 e. The lowest BCUT2D eigenvalue weighted by molar-refractivity contribution is -0.143. The molecule has 4 N–H and O–H groups in total. The summed E-state index contributed by atoms with van der Waals surface area (Å²) in [5, 5.41) is 0. The lowest BCUT2D eigenvalue weighted by atomic mass is 9.85. The summed E-state index contributed by atoms with van der Waals surface area (Å²) in [6.45, 7) is 6.11. The zero-order valence-electron chi connectivity index (χ0n) is 12.8. The van der Waals surface area contributed by atoms with Crippen LogP contribution in [-0.4, -0.2) is 28.8 Å². The molecule has 0 radical (unpaired) electrons. The van der Waals surface area contributed by atoms with E-state index in [-0.39, 0.29) is 11.3 Å². The average molecular weight is 289 g/mol. The van der Waals surface area contributed by atoms with Crippen LogP contribution in [0.5, 0.6) is 0 Å². The minimum absolute atomic E-state index is 0.221. The molecule has 114 valence electrons. The van der Waals surface area contributed by atoms with Crippen molar-refractivity contribution in [3.05, 3.63) is 35.4 Å². The highest BCUT2D eigenvalue weighted by Crippen LogP contribution is 2.26. The van der Waals surface area contributed by atoms with Crippen molar-refractivity contribution in [3.63, 3.8) is 0 Å². The van der Waals surface area contributed by atoms with Gasteiger partial charge in [0.1, 0.15) is 6.04 Å². The second-order valence-electron chi connectivity index (χ2n) is 6.70. The SMILES string of the molecule is CC(C)(C)[C@@H](N)C(=O)N1Cc2ccccc2C[C@H]1C(N)=O. The molecule has 0 spiro atoms. The zero-order chi connectivity index (χ0) is 15.8. The van der Waals surface area contributed by atoms with E-state index in [1.54, 1.807) is 0 Å². The van der Waals surface area contributed by atoms with Crippen LogP contribution in [0, 0.1) is 5.41 Å². The number of amides is 2. The van der Waals surface area contributed by atoms with Crippen LogP contribution in [-0.2, 0) is 22.6 Å². The largest absolute Gasteiger partial charge is 0.368 e. The van der Waals surface area contributed by atoms with Crippen molar-refractivity contribution < 1.29 is 9.59 Å². The smallest absolute Gasteiger partial charge is 0.241 e. The molecule has 0 unspecified atom stereocenters. The summed E-state index contributed by atoms with van der Waals surface area (Å²) < 4.78 is 0. The molecule has 2 amide bonds. The molecule has 1 aromatic rings. The van der Waals surface area contributed by atoms with Gasteiger partial charge in [-0.2, -0.15) is 0 Å². The van der Waals surface area contributed by atoms with Crippen LogP contribution in [0.25, 0.3) is 0 Å². The zero-order valence-corrected chi connectivity index (χ0v) is 12.8. The van der Waals surface area contributed by atoms with E-state index in [1.807, 2.05) is 45.0 Å². The van der Waals surface area contributed by atoms with Crippen molar-refractivity contribution in [2.75, 3.05) is 0 Å². The van der Waals surface area contributed by atoms with Gasteiger partial charge in [-0.1, -0.05) is 45.0 Å². The van der Waals surface area contributed by atoms with Gasteiger partial charge >= 0.3 is 0 Å². The molecule has 21 heavy (non-hydrogen) atoms. The number of benzene rings is 1. The third kappa shape index (κ3) is 3.08. The Bertz CT molecular complexity index is 563. The Morgan fingerprint density at radius 2 is 1.81 bits per heavy atom. The monoisotopic (exact) mass is 289 g/mol. The number of hydrogen-bond donors (Lipinski definition) is 2. The summed E-state index contributed by atoms with van der Waals surface area (Å²) in [6, 6.07) is 6.50. The summed E-state index contributed by atoms with van der Waals surface area (Å²) in [6.07, 6.45) is 0.452. The third-order valence-electron chi connectivity index (χ3n) is 4.06. The van der Waals surface area contributed by atoms with Crippen LogP contribution < -0.4 is 11.5 Å². The summed E-state index contributed by atoms with van der Waals surface area (Å²) in [4.78, 5) is 25.9. The molecule has 0 saturated heterocycles. The fourth-order valence-corrected chi connectivity index (χ4v) is 2.56. The van der Waals surface area contributed by atoms with Gasteiger partial charge in [0.2, 0.25) is 11.8 Å². The van der Waals surface area contributed by atoms with Gasteiger partial charge < -0.3 is 16.4 Å². The quantitative estimate of drug-likeness (QED) is 0.844. The number of carbonyl (C=O) groups excluding carboxylic acids is 2. The Morgan fingerprint density at radius 1 is 1.24 bits per heavy atom. The predicted octanol–water partition coefficient (Wildman–Crippen LogP) is 0.799. The van der Waals surface area contributed by atoms with Gasteiger partial charge in [-0.25, -0.2) is 0 Å². The number of hydrogen-bond acceptors (Lipinski definition) is 3. The maximum absolute atomic E-state index is 12.7. The summed E-state index contributed by atoms with van der Waals surface area (Å²) in [5.74, 6) is -0.709. The normalized spacial score (nSPS) is 19.8. The molecule has 1 heterocycles. The predicted molar refractivity (Wildman–Crippen MR) is 81.1 cm³/mol. The number of carbonyl (C=O) groups is 2. The van der Waals surface area contributed by atoms with E-state index in [2.05, 4.69) is 0 Å². The van der Waals surface area contributed by atoms with Gasteiger partial charge in [-0.05, 0) is 16.5 Å². The third-order valence-corrected chi connectivity index (χ3v) is 4.06. The standard InChI is InChI=1S/C16H23N3O2/c1-16(2,3)13(17)15(21)19-9-11-7-5-4-6-10(11)8-12(19)14(18)20/h4-7,12-13H,8-9,17H2,1-3H3,(H2,18,20)/t12-,13-/m0/s1. The van der Waals surface area contributed by atoms with Gasteiger partial charge in [-0.3, -0.25) is 9.59 Å². The van der Waals surface area contributed by atoms with Crippen molar-refractivity contribution >= 4 is 11.8 Å². The molecule has 5 nitrogen and oxygen atoms in total. The van der Waals surface area contributed by atoms with E-state index in [4.69, 9.17) is 11.5 Å². The van der Waals surface area contributed by atoms with Crippen molar-refractivity contribution in [1.82, 2.24) is 4.90 Å². The van der Waals surface area contributed by atoms with Gasteiger partial charge in [-0.15, -0.1) is 0 Å². The number of primary amides is 1. The fourth-order valence-electron chi connectivity index (χ4n) is 2.56. The van der Waals surface area contributed by atoms with Crippen molar-refractivity contribution in [3.8, 4) is 0 Å². The Hall–Kier alpha value is -1.88. The first-order valence-electron chi connectivity index (χ1n) is 7.14. The molecule has 1 aliphatic heterocycles. The highest BCUT2D eigenvalue weighted by atomic mass is 16.2. The van der Waals surface area contributed by atoms with Crippen LogP contribution in [0.3, 0.4) is 0 Å². The molecule has 2 rings (SSSR count). The lowest BCUT2D eigenvalue weighted by Gasteiger charge is -2.39. The second-order valence-corrected chi connectivity index (χ2v) is 6.70. The number of fused-ring (bicyclic) bond motifs is 1. The van der Waals surface area contributed by atoms with E-state index in [0.717, 1.165) is 11.1 Å². The number of nitrogens with zero attached hydrogens (tertiary/aromatic N) is 1. The van der Waals surface area contributed by atoms with E-state index in [0.29, 0.717) is 13.0 Å². The first-order valence-corrected chi connectivity index (χ1v) is 7.14. The summed E-state index contributed by atoms with van der Waals surface area (Å²) in [7, 11) is 0. The Labute approximate surface area is 125 Å². The number of nitrogens with two attached hydrogens (primary N) is 2.